The molecule has 216 valence electrons. The molecule has 1 aromatic carbocycles. The first-order valence-electron chi connectivity index (χ1n) is 14.9. The molecule has 9 nitrogen and oxygen atoms in total. The molecule has 41 heavy (non-hydrogen) atoms. The number of nitrogens with zero attached hydrogens (tertiary/aromatic N) is 5. The predicted octanol–water partition coefficient (Wildman–Crippen LogP) is 4.81. The zero-order valence-electron chi connectivity index (χ0n) is 24.8. The number of aryl methyl sites for hydroxylation is 1. The van der Waals surface area contributed by atoms with Gasteiger partial charge in [0.1, 0.15) is 11.6 Å². The lowest BCUT2D eigenvalue weighted by atomic mass is 9.73. The normalized spacial score (nSPS) is 28.3. The molecule has 4 aliphatic rings. The minimum atomic E-state index is -0.240. The Morgan fingerprint density at radius 2 is 1.76 bits per heavy atom. The van der Waals surface area contributed by atoms with Gasteiger partial charge in [0.25, 0.3) is 0 Å². The van der Waals surface area contributed by atoms with Crippen LogP contribution in [0.5, 0.6) is 0 Å². The maximum atomic E-state index is 6.39. The number of ether oxygens (including phenoxy) is 2. The number of anilines is 5. The summed E-state index contributed by atoms with van der Waals surface area (Å²) in [7, 11) is 2.03. The molecule has 0 amide bonds. The fourth-order valence-electron chi connectivity index (χ4n) is 7.00. The molecule has 2 aromatic heterocycles. The largest absolute Gasteiger partial charge is 0.378 e. The van der Waals surface area contributed by atoms with Gasteiger partial charge in [-0.25, -0.2) is 9.97 Å². The van der Waals surface area contributed by atoms with Gasteiger partial charge in [-0.15, -0.1) is 0 Å². The van der Waals surface area contributed by atoms with Crippen molar-refractivity contribution in [1.29, 1.82) is 0 Å². The molecule has 3 atom stereocenters. The third kappa shape index (κ3) is 4.45. The van der Waals surface area contributed by atoms with Gasteiger partial charge in [-0.05, 0) is 83.0 Å². The molecule has 0 unspecified atom stereocenters. The van der Waals surface area contributed by atoms with Gasteiger partial charge in [-0.3, -0.25) is 0 Å². The second-order valence-corrected chi connectivity index (χ2v) is 13.0. The van der Waals surface area contributed by atoms with Crippen LogP contribution in [0.2, 0.25) is 0 Å². The summed E-state index contributed by atoms with van der Waals surface area (Å²) >= 11 is 0. The third-order valence-corrected chi connectivity index (χ3v) is 9.79. The van der Waals surface area contributed by atoms with Gasteiger partial charge in [-0.2, -0.15) is 4.98 Å². The van der Waals surface area contributed by atoms with E-state index in [0.717, 1.165) is 74.1 Å². The lowest BCUT2D eigenvalue weighted by molar-refractivity contribution is -0.0893. The summed E-state index contributed by atoms with van der Waals surface area (Å²) in [5.41, 5.74) is 5.14. The van der Waals surface area contributed by atoms with Crippen LogP contribution in [0, 0.1) is 0 Å². The molecule has 2 N–H and O–H groups in total. The lowest BCUT2D eigenvalue weighted by Gasteiger charge is -2.46. The number of nitrogens with one attached hydrogen (secondary N) is 2. The highest BCUT2D eigenvalue weighted by Gasteiger charge is 2.55. The van der Waals surface area contributed by atoms with Crippen molar-refractivity contribution < 1.29 is 9.47 Å². The monoisotopic (exact) mass is 555 g/mol. The average molecular weight is 556 g/mol. The fraction of sp³-hybridized carbons (Fsp3) is 0.531. The minimum Gasteiger partial charge on any atom is -0.378 e. The summed E-state index contributed by atoms with van der Waals surface area (Å²) < 4.78 is 11.9. The van der Waals surface area contributed by atoms with E-state index in [0.29, 0.717) is 12.6 Å². The van der Waals surface area contributed by atoms with E-state index in [1.165, 1.54) is 11.3 Å². The van der Waals surface area contributed by atoms with Gasteiger partial charge < -0.3 is 29.9 Å². The maximum absolute atomic E-state index is 6.39. The molecule has 0 spiro atoms. The van der Waals surface area contributed by atoms with E-state index < -0.39 is 0 Å². The van der Waals surface area contributed by atoms with Crippen LogP contribution in [0.4, 0.5) is 29.0 Å². The van der Waals surface area contributed by atoms with Crippen molar-refractivity contribution in [3.05, 3.63) is 59.4 Å². The second kappa shape index (κ2) is 9.64. The van der Waals surface area contributed by atoms with Crippen LogP contribution in [0.1, 0.15) is 57.4 Å². The van der Waals surface area contributed by atoms with E-state index in [1.54, 1.807) is 0 Å². The summed E-state index contributed by atoms with van der Waals surface area (Å²) in [5.74, 6) is 2.44. The van der Waals surface area contributed by atoms with Gasteiger partial charge >= 0.3 is 0 Å². The summed E-state index contributed by atoms with van der Waals surface area (Å²) in [6.45, 7) is 12.9. The number of benzene rings is 1. The third-order valence-electron chi connectivity index (χ3n) is 9.79. The molecule has 7 rings (SSSR count). The quantitative estimate of drug-likeness (QED) is 0.461. The van der Waals surface area contributed by atoms with E-state index in [9.17, 15) is 0 Å². The molecule has 3 aliphatic heterocycles. The Balaban J connectivity index is 1.25. The first kappa shape index (κ1) is 26.6. The molecule has 1 aliphatic carbocycles. The second-order valence-electron chi connectivity index (χ2n) is 13.0. The van der Waals surface area contributed by atoms with Gasteiger partial charge in [0.15, 0.2) is 0 Å². The molecule has 2 saturated heterocycles. The smallest absolute Gasteiger partial charge is 0.229 e. The van der Waals surface area contributed by atoms with Crippen molar-refractivity contribution in [2.75, 3.05) is 55.1 Å². The van der Waals surface area contributed by atoms with Crippen LogP contribution < -0.4 is 20.4 Å². The first-order chi connectivity index (χ1) is 19.7. The van der Waals surface area contributed by atoms with Crippen molar-refractivity contribution in [2.24, 2.45) is 0 Å². The number of hydrogen-bond donors (Lipinski definition) is 2. The summed E-state index contributed by atoms with van der Waals surface area (Å²) in [6, 6.07) is 13.1. The zero-order chi connectivity index (χ0) is 28.4. The van der Waals surface area contributed by atoms with Crippen LogP contribution in [0.25, 0.3) is 0 Å². The Morgan fingerprint density at radius 1 is 0.976 bits per heavy atom. The van der Waals surface area contributed by atoms with Crippen molar-refractivity contribution in [2.45, 2.75) is 69.6 Å². The van der Waals surface area contributed by atoms with Gasteiger partial charge in [-0.1, -0.05) is 13.0 Å². The topological polar surface area (TPSA) is 87.7 Å². The lowest BCUT2D eigenvalue weighted by Crippen LogP contribution is -2.54. The molecule has 5 heterocycles. The minimum absolute atomic E-state index is 0.127. The highest BCUT2D eigenvalue weighted by molar-refractivity contribution is 5.71. The molecule has 3 aromatic rings. The van der Waals surface area contributed by atoms with Crippen LogP contribution in [-0.2, 0) is 26.8 Å². The van der Waals surface area contributed by atoms with Crippen LogP contribution in [0.15, 0.2) is 42.6 Å². The van der Waals surface area contributed by atoms with E-state index in [1.807, 2.05) is 13.2 Å². The molecule has 0 bridgehead atoms. The van der Waals surface area contributed by atoms with Gasteiger partial charge in [0, 0.05) is 41.6 Å². The Kier molecular flexibility index (Phi) is 6.26. The van der Waals surface area contributed by atoms with Gasteiger partial charge in [0.2, 0.25) is 5.95 Å². The summed E-state index contributed by atoms with van der Waals surface area (Å²) in [6.07, 6.45) is 4.95. The van der Waals surface area contributed by atoms with Crippen molar-refractivity contribution >= 4 is 29.0 Å². The molecule has 0 radical (unpaired) electrons. The molecule has 2 fully saturated rings. The number of pyridine rings is 1. The molecular formula is C32H41N7O2. The fourth-order valence-corrected chi connectivity index (χ4v) is 7.00. The maximum Gasteiger partial charge on any atom is 0.229 e. The Labute approximate surface area is 242 Å². The summed E-state index contributed by atoms with van der Waals surface area (Å²) in [4.78, 5) is 20.0. The van der Waals surface area contributed by atoms with Crippen molar-refractivity contribution in [3.8, 4) is 0 Å². The number of hydrogen-bond acceptors (Lipinski definition) is 9. The van der Waals surface area contributed by atoms with Crippen molar-refractivity contribution in [3.63, 3.8) is 0 Å². The number of fused-ring (bicyclic) bond motifs is 4. The van der Waals surface area contributed by atoms with Crippen LogP contribution in [0.3, 0.4) is 0 Å². The Morgan fingerprint density at radius 3 is 2.51 bits per heavy atom. The first-order valence-corrected chi connectivity index (χ1v) is 14.9. The standard InChI is InChI=1S/C32H41N7O2/c1-30(2)18-25-31(3,20-41-30)24-19-34-29(35-22-7-9-23(10-8-22)38-14-16-40-17-15-38)37-28(24)39(25)26-11-6-21-12-13-32(4,33-5)27(21)36-26/h6-11,19,25,33H,12-18,20H2,1-5H3,(H,34,35,37)/t25-,31-,32+/m0/s1. The summed E-state index contributed by atoms with van der Waals surface area (Å²) in [5, 5.41) is 6.98. The van der Waals surface area contributed by atoms with Crippen molar-refractivity contribution in [1.82, 2.24) is 20.3 Å². The van der Waals surface area contributed by atoms with Crippen LogP contribution >= 0.6 is 0 Å². The SMILES string of the molecule is CN[C@]1(C)CCc2ccc(N3c4nc(Nc5ccc(N6CCOCC6)cc5)ncc4[C@]4(C)COC(C)(C)C[C@H]34)nc21. The van der Waals surface area contributed by atoms with E-state index >= 15 is 0 Å². The highest BCUT2D eigenvalue weighted by atomic mass is 16.5. The van der Waals surface area contributed by atoms with E-state index in [-0.39, 0.29) is 22.6 Å². The highest BCUT2D eigenvalue weighted by Crippen LogP contribution is 2.53. The number of rotatable bonds is 5. The molecule has 0 saturated carbocycles. The zero-order valence-corrected chi connectivity index (χ0v) is 24.8. The number of aromatic nitrogens is 3. The average Bonchev–Trinajstić information content (AvgIpc) is 3.44. The Bertz CT molecular complexity index is 1450. The van der Waals surface area contributed by atoms with Crippen LogP contribution in [-0.4, -0.2) is 66.6 Å². The van der Waals surface area contributed by atoms with E-state index in [4.69, 9.17) is 24.4 Å². The van der Waals surface area contributed by atoms with Gasteiger partial charge in [0.05, 0.1) is 42.7 Å². The Hall–Kier alpha value is -3.27. The molecule has 9 heteroatoms. The number of morpholine rings is 1. The van der Waals surface area contributed by atoms with E-state index in [2.05, 4.69) is 84.5 Å². The predicted molar refractivity (Wildman–Crippen MR) is 162 cm³/mol. The molecular weight excluding hydrogens is 514 g/mol.